The molecule has 2 aliphatic carbocycles. The minimum Gasteiger partial charge on any atom is -0.379 e. The summed E-state index contributed by atoms with van der Waals surface area (Å²) in [6, 6.07) is 6.23. The smallest absolute Gasteiger partial charge is 0.379 e. The molecule has 0 unspecified atom stereocenters. The number of ether oxygens (including phenoxy) is 2. The molecular formula is C29H37F3N4O3. The predicted molar refractivity (Wildman–Crippen MR) is 138 cm³/mol. The Balaban J connectivity index is 1.18. The van der Waals surface area contributed by atoms with E-state index in [4.69, 9.17) is 9.47 Å². The SMILES string of the molecule is CO[C@@H]1COCC[C@@H]1N(C)[C@@H]1C[C@H]2CCC[C@@]2(C(=O)N2C[C@@H]3C[C@H]2CN3c2cccc(C(F)(F)F)c2C#N)C1. The molecule has 0 N–H and O–H groups in total. The summed E-state index contributed by atoms with van der Waals surface area (Å²) in [4.78, 5) is 20.7. The minimum atomic E-state index is -4.58. The Hall–Kier alpha value is -2.35. The minimum absolute atomic E-state index is 0.0327. The molecule has 3 heterocycles. The van der Waals surface area contributed by atoms with Crippen LogP contribution >= 0.6 is 0 Å². The number of piperazine rings is 1. The fourth-order valence-corrected chi connectivity index (χ4v) is 8.56. The lowest BCUT2D eigenvalue weighted by Gasteiger charge is -2.42. The van der Waals surface area contributed by atoms with E-state index in [9.17, 15) is 23.2 Å². The first kappa shape index (κ1) is 26.9. The molecule has 212 valence electrons. The molecule has 7 atom stereocenters. The van der Waals surface area contributed by atoms with E-state index < -0.39 is 11.7 Å². The van der Waals surface area contributed by atoms with Crippen molar-refractivity contribution in [1.29, 1.82) is 5.26 Å². The van der Waals surface area contributed by atoms with Crippen LogP contribution in [-0.2, 0) is 20.4 Å². The predicted octanol–water partition coefficient (Wildman–Crippen LogP) is 4.05. The molecule has 3 aliphatic heterocycles. The molecule has 5 fully saturated rings. The third-order valence-electron chi connectivity index (χ3n) is 10.5. The van der Waals surface area contributed by atoms with Gasteiger partial charge in [0.25, 0.3) is 0 Å². The Bertz CT molecular complexity index is 1160. The number of halogens is 3. The van der Waals surface area contributed by atoms with Crippen molar-refractivity contribution >= 4 is 11.6 Å². The molecule has 0 aromatic heterocycles. The molecule has 0 spiro atoms. The number of carbonyl (C=O) groups excluding carboxylic acids is 1. The van der Waals surface area contributed by atoms with Crippen molar-refractivity contribution in [2.75, 3.05) is 45.4 Å². The Morgan fingerprint density at radius 1 is 1.23 bits per heavy atom. The lowest BCUT2D eigenvalue weighted by molar-refractivity contribution is -0.145. The van der Waals surface area contributed by atoms with Gasteiger partial charge >= 0.3 is 6.18 Å². The number of amides is 1. The Labute approximate surface area is 227 Å². The molecule has 7 nitrogen and oxygen atoms in total. The van der Waals surface area contributed by atoms with E-state index in [1.807, 2.05) is 9.80 Å². The Morgan fingerprint density at radius 2 is 2.05 bits per heavy atom. The normalized spacial score (nSPS) is 36.0. The summed E-state index contributed by atoms with van der Waals surface area (Å²) in [6.07, 6.45) is 2.01. The van der Waals surface area contributed by atoms with Crippen molar-refractivity contribution in [3.8, 4) is 6.07 Å². The third kappa shape index (κ3) is 4.32. The van der Waals surface area contributed by atoms with Crippen molar-refractivity contribution in [2.24, 2.45) is 11.3 Å². The van der Waals surface area contributed by atoms with E-state index in [-0.39, 0.29) is 41.1 Å². The number of likely N-dealkylation sites (N-methyl/N-ethyl adjacent to an activating group) is 1. The van der Waals surface area contributed by atoms with E-state index in [0.29, 0.717) is 37.3 Å². The molecule has 1 aromatic rings. The van der Waals surface area contributed by atoms with Gasteiger partial charge in [-0.1, -0.05) is 12.5 Å². The van der Waals surface area contributed by atoms with Gasteiger partial charge in [-0.3, -0.25) is 9.69 Å². The average Bonchev–Trinajstić information content (AvgIpc) is 3.71. The van der Waals surface area contributed by atoms with Gasteiger partial charge in [0.15, 0.2) is 0 Å². The summed E-state index contributed by atoms with van der Waals surface area (Å²) >= 11 is 0. The molecule has 1 amide bonds. The summed E-state index contributed by atoms with van der Waals surface area (Å²) in [5, 5.41) is 9.61. The van der Waals surface area contributed by atoms with Crippen LogP contribution in [0.15, 0.2) is 18.2 Å². The van der Waals surface area contributed by atoms with Gasteiger partial charge in [0.05, 0.1) is 41.0 Å². The average molecular weight is 547 g/mol. The standard InChI is InChI=1S/C29H37F3N4O3/c1-34(25-8-10-39-17-26(25)38-2)19-11-18-5-4-9-28(18,13-19)27(37)36-16-20-12-21(36)15-35(20)24-7-3-6-23(22(24)14-33)29(30,31)32/h3,6-7,18-21,25-26H,4-5,8-13,15-17H2,1-2H3/t18-,19-,20+,21+,25+,26-,28-/m1/s1. The van der Waals surface area contributed by atoms with Gasteiger partial charge in [-0.2, -0.15) is 18.4 Å². The van der Waals surface area contributed by atoms with Gasteiger partial charge in [-0.25, -0.2) is 0 Å². The van der Waals surface area contributed by atoms with Gasteiger partial charge in [0.2, 0.25) is 5.91 Å². The van der Waals surface area contributed by atoms with Gasteiger partial charge in [-0.05, 0) is 63.6 Å². The van der Waals surface area contributed by atoms with Crippen LogP contribution < -0.4 is 4.90 Å². The van der Waals surface area contributed by atoms with E-state index in [2.05, 4.69) is 11.9 Å². The van der Waals surface area contributed by atoms with Gasteiger partial charge in [0, 0.05) is 44.9 Å². The van der Waals surface area contributed by atoms with E-state index >= 15 is 0 Å². The molecule has 0 radical (unpaired) electrons. The maximum Gasteiger partial charge on any atom is 0.417 e. The van der Waals surface area contributed by atoms with Gasteiger partial charge in [0.1, 0.15) is 6.07 Å². The van der Waals surface area contributed by atoms with E-state index in [1.165, 1.54) is 6.07 Å². The van der Waals surface area contributed by atoms with Crippen molar-refractivity contribution in [2.45, 2.75) is 81.4 Å². The molecule has 3 saturated heterocycles. The number of alkyl halides is 3. The molecule has 2 saturated carbocycles. The maximum absolute atomic E-state index is 14.3. The number of nitriles is 1. The van der Waals surface area contributed by atoms with Crippen LogP contribution in [0.4, 0.5) is 18.9 Å². The first-order valence-electron chi connectivity index (χ1n) is 14.2. The highest BCUT2D eigenvalue weighted by Gasteiger charge is 2.60. The van der Waals surface area contributed by atoms with Gasteiger partial charge < -0.3 is 19.3 Å². The molecule has 5 aliphatic rings. The molecule has 39 heavy (non-hydrogen) atoms. The number of hydrogen-bond acceptors (Lipinski definition) is 6. The summed E-state index contributed by atoms with van der Waals surface area (Å²) in [7, 11) is 3.91. The van der Waals surface area contributed by atoms with Crippen molar-refractivity contribution in [3.63, 3.8) is 0 Å². The zero-order valence-electron chi connectivity index (χ0n) is 22.6. The second-order valence-corrected chi connectivity index (χ2v) is 12.2. The fraction of sp³-hybridized carbons (Fsp3) is 0.724. The summed E-state index contributed by atoms with van der Waals surface area (Å²) in [6.45, 7) is 2.29. The number of anilines is 1. The van der Waals surface area contributed by atoms with Crippen molar-refractivity contribution < 1.29 is 27.4 Å². The molecule has 6 rings (SSSR count). The number of fused-ring (bicyclic) bond motifs is 3. The first-order chi connectivity index (χ1) is 18.7. The lowest BCUT2D eigenvalue weighted by Crippen LogP contribution is -2.54. The summed E-state index contributed by atoms with van der Waals surface area (Å²) < 4.78 is 52.1. The first-order valence-corrected chi connectivity index (χ1v) is 14.2. The van der Waals surface area contributed by atoms with Crippen LogP contribution in [0.25, 0.3) is 0 Å². The number of hydrogen-bond donors (Lipinski definition) is 0. The Morgan fingerprint density at radius 3 is 2.74 bits per heavy atom. The molecular weight excluding hydrogens is 509 g/mol. The van der Waals surface area contributed by atoms with E-state index in [0.717, 1.165) is 57.6 Å². The zero-order chi connectivity index (χ0) is 27.5. The van der Waals surface area contributed by atoms with Crippen LogP contribution in [0, 0.1) is 22.7 Å². The quantitative estimate of drug-likeness (QED) is 0.555. The molecule has 1 aromatic carbocycles. The van der Waals surface area contributed by atoms with Crippen LogP contribution in [0.3, 0.4) is 0 Å². The van der Waals surface area contributed by atoms with Crippen molar-refractivity contribution in [3.05, 3.63) is 29.3 Å². The number of nitrogens with zero attached hydrogens (tertiary/aromatic N) is 4. The second-order valence-electron chi connectivity index (χ2n) is 12.2. The monoisotopic (exact) mass is 546 g/mol. The number of methoxy groups -OCH3 is 1. The van der Waals surface area contributed by atoms with Crippen LogP contribution in [0.2, 0.25) is 0 Å². The Kier molecular flexibility index (Phi) is 6.84. The zero-order valence-corrected chi connectivity index (χ0v) is 22.6. The lowest BCUT2D eigenvalue weighted by atomic mass is 9.78. The number of benzene rings is 1. The van der Waals surface area contributed by atoms with Gasteiger partial charge in [-0.15, -0.1) is 0 Å². The van der Waals surface area contributed by atoms with Crippen molar-refractivity contribution in [1.82, 2.24) is 9.80 Å². The summed E-state index contributed by atoms with van der Waals surface area (Å²) in [5.41, 5.74) is -1.24. The topological polar surface area (TPSA) is 69.0 Å². The number of likely N-dealkylation sites (tertiary alicyclic amines) is 1. The highest BCUT2D eigenvalue weighted by molar-refractivity contribution is 5.85. The largest absolute Gasteiger partial charge is 0.417 e. The number of carbonyl (C=O) groups is 1. The molecule has 2 bridgehead atoms. The number of rotatable bonds is 5. The second kappa shape index (κ2) is 9.93. The summed E-state index contributed by atoms with van der Waals surface area (Å²) in [5.74, 6) is 0.607. The van der Waals surface area contributed by atoms with E-state index in [1.54, 1.807) is 19.2 Å². The third-order valence-corrected chi connectivity index (χ3v) is 10.5. The fourth-order valence-electron chi connectivity index (χ4n) is 8.56. The molecule has 10 heteroatoms. The highest BCUT2D eigenvalue weighted by atomic mass is 19.4. The highest BCUT2D eigenvalue weighted by Crippen LogP contribution is 2.57. The van der Waals surface area contributed by atoms with Crippen LogP contribution in [0.1, 0.15) is 56.1 Å². The van der Waals surface area contributed by atoms with Crippen LogP contribution in [-0.4, -0.2) is 86.4 Å². The maximum atomic E-state index is 14.3. The van der Waals surface area contributed by atoms with Crippen LogP contribution in [0.5, 0.6) is 0 Å².